The van der Waals surface area contributed by atoms with Crippen LogP contribution in [0.5, 0.6) is 0 Å². The molecule has 4 aliphatic heterocycles. The highest BCUT2D eigenvalue weighted by molar-refractivity contribution is 5.90. The van der Waals surface area contributed by atoms with Crippen molar-refractivity contribution in [3.63, 3.8) is 0 Å². The van der Waals surface area contributed by atoms with Gasteiger partial charge in [0.1, 0.15) is 62.0 Å². The van der Waals surface area contributed by atoms with E-state index in [1.807, 2.05) is 13.0 Å². The van der Waals surface area contributed by atoms with Gasteiger partial charge in [0.15, 0.2) is 12.6 Å². The minimum Gasteiger partial charge on any atom is -0.471 e. The molecule has 62 heavy (non-hydrogen) atoms. The summed E-state index contributed by atoms with van der Waals surface area (Å²) in [6.07, 6.45) is -10.7. The molecule has 0 aromatic heterocycles. The Balaban J connectivity index is 0.966. The summed E-state index contributed by atoms with van der Waals surface area (Å²) in [5.41, 5.74) is 0.996. The molecule has 0 spiro atoms. The first kappa shape index (κ1) is 48.1. The van der Waals surface area contributed by atoms with Gasteiger partial charge in [0, 0.05) is 11.8 Å². The largest absolute Gasteiger partial charge is 0.471 e. The van der Waals surface area contributed by atoms with E-state index in [0.29, 0.717) is 31.3 Å². The number of ether oxygens (including phenoxy) is 8. The maximum absolute atomic E-state index is 13.3. The fourth-order valence-corrected chi connectivity index (χ4v) is 8.96. The van der Waals surface area contributed by atoms with Crippen LogP contribution in [0, 0.1) is 23.7 Å². The van der Waals surface area contributed by atoms with E-state index in [2.05, 4.69) is 6.58 Å². The summed E-state index contributed by atoms with van der Waals surface area (Å²) in [7, 11) is 0. The van der Waals surface area contributed by atoms with Crippen LogP contribution in [-0.4, -0.2) is 175 Å². The van der Waals surface area contributed by atoms with Gasteiger partial charge in [-0.2, -0.15) is 0 Å². The third kappa shape index (κ3) is 10.1. The lowest BCUT2D eigenvalue weighted by Gasteiger charge is -2.44. The average Bonchev–Trinajstić information content (AvgIpc) is 3.73. The van der Waals surface area contributed by atoms with Gasteiger partial charge in [0.2, 0.25) is 12.6 Å². The molecule has 0 radical (unpaired) electrons. The van der Waals surface area contributed by atoms with Gasteiger partial charge in [-0.3, -0.25) is 0 Å². The van der Waals surface area contributed by atoms with Crippen molar-refractivity contribution in [3.05, 3.63) is 59.1 Å². The summed E-state index contributed by atoms with van der Waals surface area (Å²) in [6.45, 7) is 7.79. The summed E-state index contributed by atoms with van der Waals surface area (Å²) in [6, 6.07) is 0. The number of carbonyl (C=O) groups is 2. The Bertz CT molecular complexity index is 1740. The van der Waals surface area contributed by atoms with Gasteiger partial charge in [0.25, 0.3) is 0 Å². The second-order valence-electron chi connectivity index (χ2n) is 17.1. The smallest absolute Gasteiger partial charge is 0.337 e. The molecule has 20 heteroatoms. The zero-order valence-corrected chi connectivity index (χ0v) is 34.8. The molecule has 2 aliphatic carbocycles. The first-order chi connectivity index (χ1) is 29.4. The van der Waals surface area contributed by atoms with Crippen LogP contribution in [0.1, 0.15) is 52.9 Å². The van der Waals surface area contributed by atoms with Crippen LogP contribution in [0.3, 0.4) is 0 Å². The van der Waals surface area contributed by atoms with Crippen molar-refractivity contribution in [1.29, 1.82) is 0 Å². The molecule has 6 rings (SSSR count). The van der Waals surface area contributed by atoms with E-state index in [1.54, 1.807) is 19.9 Å². The SMILES string of the molecule is C=C1C(O)CC2C(C(=O)OCC(C)=CCCC(C)=CCOC(=O)C3=COC(OC4OC(CO)C(O)C(O)C4O)C4C3CCC4(C)O)=COC(OC3OC(CO)C(O)C(O)C3O)C12. The van der Waals surface area contributed by atoms with Gasteiger partial charge in [-0.25, -0.2) is 9.59 Å². The molecular weight excluding hydrogens is 824 g/mol. The molecule has 0 aromatic carbocycles. The van der Waals surface area contributed by atoms with E-state index >= 15 is 0 Å². The molecule has 4 fully saturated rings. The molecule has 0 amide bonds. The van der Waals surface area contributed by atoms with Crippen molar-refractivity contribution in [2.24, 2.45) is 23.7 Å². The number of allylic oxidation sites excluding steroid dienone is 2. The minimum atomic E-state index is -1.69. The lowest BCUT2D eigenvalue weighted by molar-refractivity contribution is -0.346. The highest BCUT2D eigenvalue weighted by atomic mass is 16.8. The number of fused-ring (bicyclic) bond motifs is 2. The first-order valence-electron chi connectivity index (χ1n) is 20.8. The van der Waals surface area contributed by atoms with E-state index in [1.165, 1.54) is 6.26 Å². The Morgan fingerprint density at radius 3 is 1.90 bits per heavy atom. The van der Waals surface area contributed by atoms with Crippen LogP contribution in [0.4, 0.5) is 0 Å². The number of aliphatic hydroxyl groups is 10. The van der Waals surface area contributed by atoms with E-state index in [4.69, 9.17) is 37.9 Å². The maximum atomic E-state index is 13.3. The molecule has 0 aromatic rings. The van der Waals surface area contributed by atoms with Crippen LogP contribution >= 0.6 is 0 Å². The highest BCUT2D eigenvalue weighted by Crippen LogP contribution is 2.50. The Kier molecular flexibility index (Phi) is 15.7. The summed E-state index contributed by atoms with van der Waals surface area (Å²) in [5, 5.41) is 102. The number of carbonyl (C=O) groups excluding carboxylic acids is 2. The summed E-state index contributed by atoms with van der Waals surface area (Å²) in [5.74, 6) is -4.01. The molecule has 2 saturated heterocycles. The van der Waals surface area contributed by atoms with Crippen LogP contribution in [0.2, 0.25) is 0 Å². The van der Waals surface area contributed by atoms with Crippen molar-refractivity contribution in [2.75, 3.05) is 26.4 Å². The molecule has 2 saturated carbocycles. The van der Waals surface area contributed by atoms with Crippen molar-refractivity contribution >= 4 is 11.9 Å². The summed E-state index contributed by atoms with van der Waals surface area (Å²) >= 11 is 0. The predicted octanol–water partition coefficient (Wildman–Crippen LogP) is -1.81. The van der Waals surface area contributed by atoms with Gasteiger partial charge in [-0.05, 0) is 70.1 Å². The lowest BCUT2D eigenvalue weighted by atomic mass is 9.81. The van der Waals surface area contributed by atoms with E-state index in [-0.39, 0.29) is 30.8 Å². The van der Waals surface area contributed by atoms with Crippen molar-refractivity contribution in [3.8, 4) is 0 Å². The molecular formula is C42H60O20. The van der Waals surface area contributed by atoms with Gasteiger partial charge in [0.05, 0.1) is 60.4 Å². The second kappa shape index (κ2) is 20.2. The molecule has 0 bridgehead atoms. The van der Waals surface area contributed by atoms with E-state index in [0.717, 1.165) is 17.4 Å². The molecule has 348 valence electrons. The molecule has 20 nitrogen and oxygen atoms in total. The quantitative estimate of drug-likeness (QED) is 0.0640. The lowest BCUT2D eigenvalue weighted by Crippen LogP contribution is -2.60. The van der Waals surface area contributed by atoms with Gasteiger partial charge in [-0.1, -0.05) is 18.2 Å². The molecule has 18 atom stereocenters. The second-order valence-corrected chi connectivity index (χ2v) is 17.1. The molecule has 18 unspecified atom stereocenters. The summed E-state index contributed by atoms with van der Waals surface area (Å²) in [4.78, 5) is 26.5. The third-order valence-corrected chi connectivity index (χ3v) is 12.7. The molecule has 6 aliphatic rings. The van der Waals surface area contributed by atoms with Crippen LogP contribution < -0.4 is 0 Å². The standard InChI is InChI=1S/C42H60O20/c1-18(9-11-55-36(52)23-16-58-39(29-21(23)8-10-42(29,4)54)62-41-35(51)33(49)31(47)27(14-44)60-41)6-5-7-19(2)15-56-37(53)24-17-57-38(28-20(3)25(45)12-22(24)28)61-40-34(50)32(48)30(46)26(13-43)59-40/h7,9,16-17,21-22,25-35,38-41,43-51,54H,3,5-6,8,10-15H2,1-2,4H3. The predicted molar refractivity (Wildman–Crippen MR) is 208 cm³/mol. The number of hydrogen-bond donors (Lipinski definition) is 10. The van der Waals surface area contributed by atoms with Gasteiger partial charge < -0.3 is 89.0 Å². The highest BCUT2D eigenvalue weighted by Gasteiger charge is 2.56. The molecule has 4 heterocycles. The number of aliphatic hydroxyl groups excluding tert-OH is 9. The Hall–Kier alpha value is -3.32. The Labute approximate surface area is 357 Å². The number of hydrogen-bond acceptors (Lipinski definition) is 20. The zero-order valence-electron chi connectivity index (χ0n) is 34.8. The average molecular weight is 885 g/mol. The third-order valence-electron chi connectivity index (χ3n) is 12.7. The number of rotatable bonds is 15. The van der Waals surface area contributed by atoms with Crippen LogP contribution in [-0.2, 0) is 47.5 Å². The summed E-state index contributed by atoms with van der Waals surface area (Å²) < 4.78 is 45.1. The van der Waals surface area contributed by atoms with Gasteiger partial charge in [-0.15, -0.1) is 0 Å². The fourth-order valence-electron chi connectivity index (χ4n) is 8.96. The van der Waals surface area contributed by atoms with Crippen LogP contribution in [0.15, 0.2) is 59.1 Å². The Morgan fingerprint density at radius 2 is 1.31 bits per heavy atom. The monoisotopic (exact) mass is 884 g/mol. The Morgan fingerprint density at radius 1 is 0.758 bits per heavy atom. The molecule has 10 N–H and O–H groups in total. The van der Waals surface area contributed by atoms with Crippen molar-refractivity contribution < 1.29 is 98.5 Å². The van der Waals surface area contributed by atoms with E-state index < -0.39 is 135 Å². The fraction of sp³-hybridized carbons (Fsp3) is 0.714. The van der Waals surface area contributed by atoms with Gasteiger partial charge >= 0.3 is 11.9 Å². The number of esters is 2. The topological polar surface area (TPSA) is 310 Å². The first-order valence-corrected chi connectivity index (χ1v) is 20.8. The van der Waals surface area contributed by atoms with E-state index in [9.17, 15) is 60.7 Å². The normalized spacial score (nSPS) is 42.2. The maximum Gasteiger partial charge on any atom is 0.337 e. The van der Waals surface area contributed by atoms with Crippen molar-refractivity contribution in [1.82, 2.24) is 0 Å². The zero-order chi connectivity index (χ0) is 45.2. The van der Waals surface area contributed by atoms with Crippen LogP contribution in [0.25, 0.3) is 0 Å². The van der Waals surface area contributed by atoms with Crippen molar-refractivity contribution in [2.45, 2.75) is 139 Å². The minimum absolute atomic E-state index is 0.0388.